The van der Waals surface area contributed by atoms with Gasteiger partial charge in [-0.3, -0.25) is 9.20 Å². The maximum Gasteiger partial charge on any atom is 0.234 e. The molecule has 0 unspecified atom stereocenters. The van der Waals surface area contributed by atoms with Crippen molar-refractivity contribution in [2.75, 3.05) is 5.32 Å². The first-order valence-corrected chi connectivity index (χ1v) is 8.84. The Hall–Kier alpha value is -3.47. The minimum absolute atomic E-state index is 0.0301. The van der Waals surface area contributed by atoms with Crippen LogP contribution in [-0.2, 0) is 11.2 Å². The van der Waals surface area contributed by atoms with Crippen LogP contribution in [0.25, 0.3) is 17.0 Å². The molecule has 0 aliphatic heterocycles. The van der Waals surface area contributed by atoms with Gasteiger partial charge in [0.1, 0.15) is 0 Å². The Kier molecular flexibility index (Phi) is 4.42. The molecule has 1 amide bonds. The van der Waals surface area contributed by atoms with Crippen LogP contribution in [0.4, 0.5) is 5.69 Å². The standard InChI is InChI=1S/C22H20N4O/c1-15-5-3-6-17(11-15)12-21(27)24-19-13-18(8-7-16(19)2)20-14-26-10-4-9-23-22(26)25-20/h3-11,13-14H,12H2,1-2H3,(H,24,27). The first-order valence-electron chi connectivity index (χ1n) is 8.84. The van der Waals surface area contributed by atoms with Gasteiger partial charge in [0, 0.05) is 29.8 Å². The lowest BCUT2D eigenvalue weighted by atomic mass is 10.1. The Labute approximate surface area is 157 Å². The smallest absolute Gasteiger partial charge is 0.234 e. The van der Waals surface area contributed by atoms with E-state index < -0.39 is 0 Å². The summed E-state index contributed by atoms with van der Waals surface area (Å²) in [5.41, 5.74) is 5.74. The van der Waals surface area contributed by atoms with Gasteiger partial charge in [-0.25, -0.2) is 9.97 Å². The number of benzene rings is 2. The van der Waals surface area contributed by atoms with Crippen LogP contribution in [0.3, 0.4) is 0 Å². The highest BCUT2D eigenvalue weighted by molar-refractivity contribution is 5.93. The summed E-state index contributed by atoms with van der Waals surface area (Å²) >= 11 is 0. The molecule has 0 aliphatic rings. The van der Waals surface area contributed by atoms with E-state index >= 15 is 0 Å². The normalized spacial score (nSPS) is 10.9. The third-order valence-corrected chi connectivity index (χ3v) is 4.49. The molecular weight excluding hydrogens is 336 g/mol. The van der Waals surface area contributed by atoms with E-state index in [0.29, 0.717) is 12.2 Å². The van der Waals surface area contributed by atoms with Gasteiger partial charge in [0.15, 0.2) is 0 Å². The maximum atomic E-state index is 12.5. The van der Waals surface area contributed by atoms with Crippen molar-refractivity contribution in [3.8, 4) is 11.3 Å². The topological polar surface area (TPSA) is 59.3 Å². The number of carbonyl (C=O) groups excluding carboxylic acids is 1. The highest BCUT2D eigenvalue weighted by atomic mass is 16.1. The Morgan fingerprint density at radius 1 is 1.11 bits per heavy atom. The van der Waals surface area contributed by atoms with Gasteiger partial charge in [0.25, 0.3) is 0 Å². The molecule has 4 rings (SSSR count). The molecule has 2 aromatic heterocycles. The van der Waals surface area contributed by atoms with E-state index in [1.807, 2.05) is 79.2 Å². The molecule has 0 saturated carbocycles. The predicted octanol–water partition coefficient (Wildman–Crippen LogP) is 4.19. The average molecular weight is 356 g/mol. The monoisotopic (exact) mass is 356 g/mol. The Morgan fingerprint density at radius 3 is 2.81 bits per heavy atom. The molecule has 0 spiro atoms. The average Bonchev–Trinajstić information content (AvgIpc) is 3.07. The van der Waals surface area contributed by atoms with Crippen molar-refractivity contribution in [2.45, 2.75) is 20.3 Å². The van der Waals surface area contributed by atoms with E-state index in [2.05, 4.69) is 15.3 Å². The molecule has 0 radical (unpaired) electrons. The van der Waals surface area contributed by atoms with E-state index in [1.54, 1.807) is 6.20 Å². The lowest BCUT2D eigenvalue weighted by Crippen LogP contribution is -2.15. The van der Waals surface area contributed by atoms with Crippen LogP contribution < -0.4 is 5.32 Å². The van der Waals surface area contributed by atoms with Crippen molar-refractivity contribution in [2.24, 2.45) is 0 Å². The van der Waals surface area contributed by atoms with Crippen molar-refractivity contribution in [1.82, 2.24) is 14.4 Å². The first-order chi connectivity index (χ1) is 13.1. The Balaban J connectivity index is 1.57. The fourth-order valence-corrected chi connectivity index (χ4v) is 3.09. The predicted molar refractivity (Wildman–Crippen MR) is 107 cm³/mol. The van der Waals surface area contributed by atoms with Crippen LogP contribution >= 0.6 is 0 Å². The van der Waals surface area contributed by atoms with Crippen LogP contribution in [0, 0.1) is 13.8 Å². The van der Waals surface area contributed by atoms with E-state index in [9.17, 15) is 4.79 Å². The minimum Gasteiger partial charge on any atom is -0.326 e. The number of carbonyl (C=O) groups is 1. The molecule has 2 aromatic carbocycles. The molecular formula is C22H20N4O. The van der Waals surface area contributed by atoms with Gasteiger partial charge < -0.3 is 5.32 Å². The second-order valence-electron chi connectivity index (χ2n) is 6.70. The number of aryl methyl sites for hydroxylation is 2. The van der Waals surface area contributed by atoms with Crippen molar-refractivity contribution < 1.29 is 4.79 Å². The van der Waals surface area contributed by atoms with Crippen LogP contribution in [0.1, 0.15) is 16.7 Å². The zero-order valence-corrected chi connectivity index (χ0v) is 15.3. The second kappa shape index (κ2) is 7.03. The lowest BCUT2D eigenvalue weighted by Gasteiger charge is -2.10. The number of anilines is 1. The fraction of sp³-hybridized carbons (Fsp3) is 0.136. The Morgan fingerprint density at radius 2 is 2.00 bits per heavy atom. The summed E-state index contributed by atoms with van der Waals surface area (Å²) in [6.07, 6.45) is 5.92. The molecule has 5 heteroatoms. The summed E-state index contributed by atoms with van der Waals surface area (Å²) in [6, 6.07) is 15.8. The number of nitrogens with one attached hydrogen (secondary N) is 1. The third-order valence-electron chi connectivity index (χ3n) is 4.49. The fourth-order valence-electron chi connectivity index (χ4n) is 3.09. The number of aromatic nitrogens is 3. The first kappa shape index (κ1) is 17.0. The van der Waals surface area contributed by atoms with Crippen molar-refractivity contribution in [1.29, 1.82) is 0 Å². The molecule has 27 heavy (non-hydrogen) atoms. The zero-order chi connectivity index (χ0) is 18.8. The highest BCUT2D eigenvalue weighted by Crippen LogP contribution is 2.25. The third kappa shape index (κ3) is 3.72. The minimum atomic E-state index is -0.0301. The van der Waals surface area contributed by atoms with Gasteiger partial charge >= 0.3 is 0 Å². The molecule has 134 valence electrons. The molecule has 4 aromatic rings. The van der Waals surface area contributed by atoms with E-state index in [4.69, 9.17) is 0 Å². The molecule has 0 atom stereocenters. The number of hydrogen-bond donors (Lipinski definition) is 1. The molecule has 0 aliphatic carbocycles. The van der Waals surface area contributed by atoms with E-state index in [1.165, 1.54) is 0 Å². The van der Waals surface area contributed by atoms with Crippen LogP contribution in [0.5, 0.6) is 0 Å². The van der Waals surface area contributed by atoms with Crippen LogP contribution in [0.15, 0.2) is 67.1 Å². The summed E-state index contributed by atoms with van der Waals surface area (Å²) in [5, 5.41) is 3.03. The molecule has 5 nitrogen and oxygen atoms in total. The maximum absolute atomic E-state index is 12.5. The highest BCUT2D eigenvalue weighted by Gasteiger charge is 2.10. The largest absolute Gasteiger partial charge is 0.326 e. The summed E-state index contributed by atoms with van der Waals surface area (Å²) in [4.78, 5) is 21.3. The number of hydrogen-bond acceptors (Lipinski definition) is 3. The molecule has 2 heterocycles. The number of amides is 1. The van der Waals surface area contributed by atoms with E-state index in [-0.39, 0.29) is 5.91 Å². The van der Waals surface area contributed by atoms with Gasteiger partial charge in [0.2, 0.25) is 11.7 Å². The van der Waals surface area contributed by atoms with E-state index in [0.717, 1.165) is 33.6 Å². The van der Waals surface area contributed by atoms with Gasteiger partial charge in [-0.2, -0.15) is 0 Å². The van der Waals surface area contributed by atoms with Crippen molar-refractivity contribution in [3.63, 3.8) is 0 Å². The number of nitrogens with zero attached hydrogens (tertiary/aromatic N) is 3. The quantitative estimate of drug-likeness (QED) is 0.596. The van der Waals surface area contributed by atoms with Crippen LogP contribution in [-0.4, -0.2) is 20.3 Å². The Bertz CT molecular complexity index is 1100. The van der Waals surface area contributed by atoms with Crippen LogP contribution in [0.2, 0.25) is 0 Å². The van der Waals surface area contributed by atoms with Gasteiger partial charge in [-0.1, -0.05) is 42.0 Å². The second-order valence-corrected chi connectivity index (χ2v) is 6.70. The van der Waals surface area contributed by atoms with Crippen molar-refractivity contribution >= 4 is 17.4 Å². The molecule has 1 N–H and O–H groups in total. The lowest BCUT2D eigenvalue weighted by molar-refractivity contribution is -0.115. The van der Waals surface area contributed by atoms with Gasteiger partial charge in [-0.15, -0.1) is 0 Å². The SMILES string of the molecule is Cc1cccc(CC(=O)Nc2cc(-c3cn4cccnc4n3)ccc2C)c1. The summed E-state index contributed by atoms with van der Waals surface area (Å²) < 4.78 is 1.88. The molecule has 0 fully saturated rings. The zero-order valence-electron chi connectivity index (χ0n) is 15.3. The number of rotatable bonds is 4. The molecule has 0 saturated heterocycles. The van der Waals surface area contributed by atoms with Crippen molar-refractivity contribution in [3.05, 3.63) is 83.8 Å². The number of imidazole rings is 1. The van der Waals surface area contributed by atoms with Gasteiger partial charge in [0.05, 0.1) is 12.1 Å². The summed E-state index contributed by atoms with van der Waals surface area (Å²) in [6.45, 7) is 4.01. The number of fused-ring (bicyclic) bond motifs is 1. The summed E-state index contributed by atoms with van der Waals surface area (Å²) in [7, 11) is 0. The van der Waals surface area contributed by atoms with Gasteiger partial charge in [-0.05, 0) is 37.1 Å². The summed E-state index contributed by atoms with van der Waals surface area (Å²) in [5.74, 6) is 0.621. The molecule has 0 bridgehead atoms.